The first-order valence-corrected chi connectivity index (χ1v) is 7.66. The van der Waals surface area contributed by atoms with Gasteiger partial charge in [0.1, 0.15) is 11.4 Å². The van der Waals surface area contributed by atoms with Crippen molar-refractivity contribution in [1.29, 1.82) is 0 Å². The number of halogens is 1. The van der Waals surface area contributed by atoms with Crippen LogP contribution in [0.2, 0.25) is 0 Å². The van der Waals surface area contributed by atoms with Gasteiger partial charge < -0.3 is 4.74 Å². The Bertz CT molecular complexity index is 702. The highest BCUT2D eigenvalue weighted by atomic mass is 19.1. The van der Waals surface area contributed by atoms with Crippen LogP contribution in [0.3, 0.4) is 0 Å². The van der Waals surface area contributed by atoms with E-state index in [1.807, 2.05) is 19.1 Å². The molecule has 1 nitrogen and oxygen atoms in total. The molecule has 2 aromatic carbocycles. The summed E-state index contributed by atoms with van der Waals surface area (Å²) in [6.45, 7) is 8.73. The zero-order valence-corrected chi connectivity index (χ0v) is 13.2. The molecule has 1 unspecified atom stereocenters. The standard InChI is InChI=1S/C20H21FO/c1-14(2)10-11-20(17-5-7-18(21)8-6-17)19-9-4-15(3)12-16(19)13-22-20/h4-9,12H,1,10-11,13H2,2-3H3. The van der Waals surface area contributed by atoms with Gasteiger partial charge in [0, 0.05) is 0 Å². The van der Waals surface area contributed by atoms with E-state index in [9.17, 15) is 4.39 Å². The Morgan fingerprint density at radius 1 is 1.23 bits per heavy atom. The predicted molar refractivity (Wildman–Crippen MR) is 87.2 cm³/mol. The van der Waals surface area contributed by atoms with Crippen molar-refractivity contribution in [1.82, 2.24) is 0 Å². The molecular formula is C20H21FO. The smallest absolute Gasteiger partial charge is 0.123 e. The second-order valence-electron chi connectivity index (χ2n) is 6.24. The summed E-state index contributed by atoms with van der Waals surface area (Å²) in [4.78, 5) is 0. The quantitative estimate of drug-likeness (QED) is 0.699. The minimum Gasteiger partial charge on any atom is -0.361 e. The van der Waals surface area contributed by atoms with Gasteiger partial charge in [-0.05, 0) is 55.5 Å². The molecule has 1 aliphatic rings. The second kappa shape index (κ2) is 5.69. The molecule has 0 fully saturated rings. The molecule has 2 heteroatoms. The maximum absolute atomic E-state index is 13.3. The molecule has 0 spiro atoms. The summed E-state index contributed by atoms with van der Waals surface area (Å²) in [5.41, 5.74) is 5.31. The molecule has 0 saturated heterocycles. The normalized spacial score (nSPS) is 20.0. The molecule has 1 aliphatic heterocycles. The van der Waals surface area contributed by atoms with Gasteiger partial charge in [0.2, 0.25) is 0 Å². The lowest BCUT2D eigenvalue weighted by atomic mass is 9.81. The van der Waals surface area contributed by atoms with Crippen molar-refractivity contribution in [3.63, 3.8) is 0 Å². The minimum atomic E-state index is -0.490. The molecule has 0 saturated carbocycles. The van der Waals surface area contributed by atoms with Crippen molar-refractivity contribution in [2.75, 3.05) is 0 Å². The lowest BCUT2D eigenvalue weighted by Crippen LogP contribution is -2.27. The Hall–Kier alpha value is -1.93. The first-order valence-electron chi connectivity index (χ1n) is 7.66. The van der Waals surface area contributed by atoms with E-state index in [0.29, 0.717) is 6.61 Å². The van der Waals surface area contributed by atoms with E-state index < -0.39 is 5.60 Å². The van der Waals surface area contributed by atoms with Crippen molar-refractivity contribution < 1.29 is 9.13 Å². The summed E-state index contributed by atoms with van der Waals surface area (Å²) >= 11 is 0. The van der Waals surface area contributed by atoms with E-state index in [2.05, 4.69) is 31.7 Å². The molecule has 0 N–H and O–H groups in total. The first-order chi connectivity index (χ1) is 10.5. The van der Waals surface area contributed by atoms with Crippen molar-refractivity contribution in [2.24, 2.45) is 0 Å². The van der Waals surface area contributed by atoms with Crippen LogP contribution >= 0.6 is 0 Å². The summed E-state index contributed by atoms with van der Waals surface area (Å²) in [5, 5.41) is 0. The lowest BCUT2D eigenvalue weighted by molar-refractivity contribution is -0.0114. The largest absolute Gasteiger partial charge is 0.361 e. The van der Waals surface area contributed by atoms with Crippen LogP contribution in [0, 0.1) is 12.7 Å². The Kier molecular flexibility index (Phi) is 3.88. The van der Waals surface area contributed by atoms with E-state index in [1.54, 1.807) is 0 Å². The van der Waals surface area contributed by atoms with Crippen molar-refractivity contribution in [3.8, 4) is 0 Å². The first kappa shape index (κ1) is 15.0. The third-order valence-electron chi connectivity index (χ3n) is 4.38. The number of ether oxygens (including phenoxy) is 1. The zero-order valence-electron chi connectivity index (χ0n) is 13.2. The maximum atomic E-state index is 13.3. The highest BCUT2D eigenvalue weighted by Crippen LogP contribution is 2.46. The molecule has 0 aromatic heterocycles. The van der Waals surface area contributed by atoms with Gasteiger partial charge in [-0.25, -0.2) is 4.39 Å². The lowest BCUT2D eigenvalue weighted by Gasteiger charge is -2.31. The summed E-state index contributed by atoms with van der Waals surface area (Å²) < 4.78 is 19.6. The number of benzene rings is 2. The summed E-state index contributed by atoms with van der Waals surface area (Å²) in [7, 11) is 0. The topological polar surface area (TPSA) is 9.23 Å². The Labute approximate surface area is 131 Å². The van der Waals surface area contributed by atoms with Gasteiger partial charge in [0.05, 0.1) is 6.61 Å². The molecule has 1 atom stereocenters. The Morgan fingerprint density at radius 2 is 1.95 bits per heavy atom. The number of allylic oxidation sites excluding steroid dienone is 1. The molecule has 114 valence electrons. The van der Waals surface area contributed by atoms with Gasteiger partial charge in [0.25, 0.3) is 0 Å². The third-order valence-corrected chi connectivity index (χ3v) is 4.38. The molecule has 1 heterocycles. The van der Waals surface area contributed by atoms with Gasteiger partial charge in [-0.1, -0.05) is 41.5 Å². The maximum Gasteiger partial charge on any atom is 0.123 e. The van der Waals surface area contributed by atoms with Crippen LogP contribution in [0.5, 0.6) is 0 Å². The van der Waals surface area contributed by atoms with Crippen molar-refractivity contribution in [2.45, 2.75) is 38.9 Å². The monoisotopic (exact) mass is 296 g/mol. The number of hydrogen-bond donors (Lipinski definition) is 0. The van der Waals surface area contributed by atoms with E-state index >= 15 is 0 Å². The van der Waals surface area contributed by atoms with Gasteiger partial charge >= 0.3 is 0 Å². The Balaban J connectivity index is 2.10. The minimum absolute atomic E-state index is 0.221. The van der Waals surface area contributed by atoms with Crippen LogP contribution in [0.15, 0.2) is 54.6 Å². The van der Waals surface area contributed by atoms with E-state index in [1.165, 1.54) is 28.8 Å². The predicted octanol–water partition coefficient (Wildman–Crippen LogP) is 5.26. The van der Waals surface area contributed by atoms with Crippen molar-refractivity contribution >= 4 is 0 Å². The highest BCUT2D eigenvalue weighted by Gasteiger charge is 2.41. The molecule has 0 bridgehead atoms. The zero-order chi connectivity index (χ0) is 15.7. The van der Waals surface area contributed by atoms with E-state index in [4.69, 9.17) is 4.74 Å². The fourth-order valence-corrected chi connectivity index (χ4v) is 3.21. The van der Waals surface area contributed by atoms with Gasteiger partial charge in [-0.3, -0.25) is 0 Å². The van der Waals surface area contributed by atoms with Gasteiger partial charge in [-0.2, -0.15) is 0 Å². The number of hydrogen-bond acceptors (Lipinski definition) is 1. The average Bonchev–Trinajstić information content (AvgIpc) is 2.85. The fourth-order valence-electron chi connectivity index (χ4n) is 3.21. The fraction of sp³-hybridized carbons (Fsp3) is 0.300. The van der Waals surface area contributed by atoms with Crippen LogP contribution < -0.4 is 0 Å². The van der Waals surface area contributed by atoms with Crippen LogP contribution in [0.1, 0.15) is 42.0 Å². The molecule has 22 heavy (non-hydrogen) atoms. The van der Waals surface area contributed by atoms with E-state index in [-0.39, 0.29) is 5.82 Å². The molecule has 3 rings (SSSR count). The summed E-state index contributed by atoms with van der Waals surface area (Å²) in [5.74, 6) is -0.221. The van der Waals surface area contributed by atoms with Crippen LogP contribution in [0.4, 0.5) is 4.39 Å². The molecule has 0 amide bonds. The number of fused-ring (bicyclic) bond motifs is 1. The number of rotatable bonds is 4. The second-order valence-corrected chi connectivity index (χ2v) is 6.24. The molecule has 0 radical (unpaired) electrons. The summed E-state index contributed by atoms with van der Waals surface area (Å²) in [6, 6.07) is 13.1. The average molecular weight is 296 g/mol. The van der Waals surface area contributed by atoms with Gasteiger partial charge in [0.15, 0.2) is 0 Å². The third kappa shape index (κ3) is 2.59. The number of aryl methyl sites for hydroxylation is 1. The highest BCUT2D eigenvalue weighted by molar-refractivity contribution is 5.45. The van der Waals surface area contributed by atoms with E-state index in [0.717, 1.165) is 24.0 Å². The molecular weight excluding hydrogens is 275 g/mol. The van der Waals surface area contributed by atoms with Crippen LogP contribution in [-0.4, -0.2) is 0 Å². The van der Waals surface area contributed by atoms with Gasteiger partial charge in [-0.15, -0.1) is 6.58 Å². The van der Waals surface area contributed by atoms with Crippen molar-refractivity contribution in [3.05, 3.63) is 82.7 Å². The molecule has 0 aliphatic carbocycles. The summed E-state index contributed by atoms with van der Waals surface area (Å²) in [6.07, 6.45) is 1.70. The SMILES string of the molecule is C=C(C)CCC1(c2ccc(F)cc2)OCc2cc(C)ccc21. The van der Waals surface area contributed by atoms with Crippen LogP contribution in [-0.2, 0) is 16.9 Å². The van der Waals surface area contributed by atoms with Crippen LogP contribution in [0.25, 0.3) is 0 Å². The Morgan fingerprint density at radius 3 is 2.64 bits per heavy atom. The molecule has 2 aromatic rings.